The van der Waals surface area contributed by atoms with Gasteiger partial charge in [-0.05, 0) is 39.2 Å². The number of carbonyl (C=O) groups excluding carboxylic acids is 1. The molecule has 1 aromatic rings. The number of hydrogen-bond donors (Lipinski definition) is 0. The minimum atomic E-state index is -0.446. The molecule has 0 atom stereocenters. The predicted octanol–water partition coefficient (Wildman–Crippen LogP) is 1.21. The highest BCUT2D eigenvalue weighted by Crippen LogP contribution is 2.33. The summed E-state index contributed by atoms with van der Waals surface area (Å²) in [6, 6.07) is 3.46. The maximum atomic E-state index is 11.3. The Morgan fingerprint density at radius 2 is 2.00 bits per heavy atom. The molecule has 0 amide bonds. The van der Waals surface area contributed by atoms with Crippen molar-refractivity contribution in [1.29, 1.82) is 0 Å². The minimum absolute atomic E-state index is 0.183. The molecule has 1 fully saturated rings. The molecule has 2 rings (SSSR count). The maximum absolute atomic E-state index is 11.3. The van der Waals surface area contributed by atoms with Crippen molar-refractivity contribution in [3.63, 3.8) is 0 Å². The molecule has 108 valence electrons. The highest BCUT2D eigenvalue weighted by atomic mass is 16.6. The average molecular weight is 277 g/mol. The molecule has 20 heavy (non-hydrogen) atoms. The van der Waals surface area contributed by atoms with E-state index in [1.54, 1.807) is 12.3 Å². The van der Waals surface area contributed by atoms with Gasteiger partial charge in [-0.15, -0.1) is 0 Å². The van der Waals surface area contributed by atoms with Gasteiger partial charge in [0.15, 0.2) is 0 Å². The van der Waals surface area contributed by atoms with Crippen molar-refractivity contribution in [3.8, 4) is 0 Å². The molecule has 2 heterocycles. The third-order valence-corrected chi connectivity index (χ3v) is 4.04. The van der Waals surface area contributed by atoms with E-state index < -0.39 is 11.6 Å². The van der Waals surface area contributed by atoms with Crippen molar-refractivity contribution < 1.29 is 18.9 Å². The van der Waals surface area contributed by atoms with Crippen LogP contribution in [0, 0.1) is 0 Å². The number of hydrogen-bond acceptors (Lipinski definition) is 5. The standard InChI is InChI=1S/C14H20BNO4/c1-13(2)14(3,4)20-15(9-19-13)10-6-7-11(16-8-10)12(17)18-5/h6-8H,9H2,1-5H3. The van der Waals surface area contributed by atoms with Gasteiger partial charge in [0.25, 0.3) is 0 Å². The third kappa shape index (κ3) is 2.71. The van der Waals surface area contributed by atoms with Gasteiger partial charge in [0.1, 0.15) is 5.69 Å². The highest BCUT2D eigenvalue weighted by molar-refractivity contribution is 6.67. The van der Waals surface area contributed by atoms with Crippen molar-refractivity contribution in [3.05, 3.63) is 24.0 Å². The fourth-order valence-electron chi connectivity index (χ4n) is 1.97. The number of rotatable bonds is 2. The van der Waals surface area contributed by atoms with Gasteiger partial charge >= 0.3 is 12.9 Å². The van der Waals surface area contributed by atoms with Crippen LogP contribution in [0.25, 0.3) is 0 Å². The lowest BCUT2D eigenvalue weighted by Crippen LogP contribution is -2.61. The van der Waals surface area contributed by atoms with Crippen molar-refractivity contribution >= 4 is 18.3 Å². The van der Waals surface area contributed by atoms with Crippen molar-refractivity contribution in [2.45, 2.75) is 38.9 Å². The van der Waals surface area contributed by atoms with Crippen LogP contribution in [-0.2, 0) is 14.1 Å². The molecular formula is C14H20BNO4. The Balaban J connectivity index is 2.15. The van der Waals surface area contributed by atoms with Gasteiger partial charge in [-0.2, -0.15) is 0 Å². The molecule has 0 aromatic carbocycles. The van der Waals surface area contributed by atoms with Crippen LogP contribution < -0.4 is 5.46 Å². The molecule has 1 saturated heterocycles. The Bertz CT molecular complexity index is 498. The number of ether oxygens (including phenoxy) is 2. The molecule has 0 unspecified atom stereocenters. The number of methoxy groups -OCH3 is 1. The van der Waals surface area contributed by atoms with Gasteiger partial charge in [0, 0.05) is 6.20 Å². The van der Waals surface area contributed by atoms with E-state index in [9.17, 15) is 4.79 Å². The zero-order chi connectivity index (χ0) is 15.0. The van der Waals surface area contributed by atoms with E-state index in [0.717, 1.165) is 5.46 Å². The van der Waals surface area contributed by atoms with Crippen LogP contribution in [0.1, 0.15) is 38.2 Å². The van der Waals surface area contributed by atoms with E-state index in [1.165, 1.54) is 7.11 Å². The van der Waals surface area contributed by atoms with Crippen LogP contribution in [0.5, 0.6) is 0 Å². The molecule has 0 radical (unpaired) electrons. The number of carbonyl (C=O) groups is 1. The normalized spacial score (nSPS) is 20.6. The number of aromatic nitrogens is 1. The van der Waals surface area contributed by atoms with Gasteiger partial charge in [0.05, 0.1) is 24.8 Å². The second-order valence-electron chi connectivity index (χ2n) is 5.91. The highest BCUT2D eigenvalue weighted by Gasteiger charge is 2.46. The summed E-state index contributed by atoms with van der Waals surface area (Å²) in [7, 11) is 1.33. The van der Waals surface area contributed by atoms with Crippen LogP contribution in [0.2, 0.25) is 0 Å². The van der Waals surface area contributed by atoms with E-state index >= 15 is 0 Å². The van der Waals surface area contributed by atoms with E-state index in [2.05, 4.69) is 9.72 Å². The molecule has 1 aliphatic heterocycles. The summed E-state index contributed by atoms with van der Waals surface area (Å²) in [5.41, 5.74) is 0.425. The second-order valence-corrected chi connectivity index (χ2v) is 5.91. The summed E-state index contributed by atoms with van der Waals surface area (Å²) >= 11 is 0. The fourth-order valence-corrected chi connectivity index (χ4v) is 1.97. The Labute approximate surface area is 119 Å². The molecular weight excluding hydrogens is 257 g/mol. The van der Waals surface area contributed by atoms with E-state index in [1.807, 2.05) is 33.8 Å². The first-order chi connectivity index (χ1) is 9.27. The van der Waals surface area contributed by atoms with E-state index in [0.29, 0.717) is 6.51 Å². The Kier molecular flexibility index (Phi) is 3.89. The van der Waals surface area contributed by atoms with Gasteiger partial charge < -0.3 is 14.1 Å². The van der Waals surface area contributed by atoms with Crippen LogP contribution in [0.4, 0.5) is 0 Å². The summed E-state index contributed by atoms with van der Waals surface area (Å²) < 4.78 is 16.6. The first-order valence-corrected chi connectivity index (χ1v) is 6.63. The summed E-state index contributed by atoms with van der Waals surface area (Å²) in [5.74, 6) is -0.446. The number of nitrogens with zero attached hydrogens (tertiary/aromatic N) is 1. The van der Waals surface area contributed by atoms with Gasteiger partial charge in [-0.3, -0.25) is 0 Å². The van der Waals surface area contributed by atoms with Crippen LogP contribution in [-0.4, -0.2) is 42.7 Å². The van der Waals surface area contributed by atoms with Crippen LogP contribution in [0.3, 0.4) is 0 Å². The molecule has 0 aliphatic carbocycles. The van der Waals surface area contributed by atoms with E-state index in [-0.39, 0.29) is 18.2 Å². The van der Waals surface area contributed by atoms with Crippen LogP contribution in [0.15, 0.2) is 18.3 Å². The van der Waals surface area contributed by atoms with E-state index in [4.69, 9.17) is 9.39 Å². The van der Waals surface area contributed by atoms with Crippen molar-refractivity contribution in [2.75, 3.05) is 13.6 Å². The summed E-state index contributed by atoms with van der Waals surface area (Å²) in [6.07, 6.45) is 1.63. The monoisotopic (exact) mass is 277 g/mol. The van der Waals surface area contributed by atoms with Crippen LogP contribution >= 0.6 is 0 Å². The van der Waals surface area contributed by atoms with Crippen molar-refractivity contribution in [2.24, 2.45) is 0 Å². The molecule has 6 heteroatoms. The first kappa shape index (κ1) is 15.0. The summed E-state index contributed by atoms with van der Waals surface area (Å²) in [4.78, 5) is 15.4. The minimum Gasteiger partial charge on any atom is -0.464 e. The molecule has 1 aliphatic rings. The molecule has 0 bridgehead atoms. The second kappa shape index (κ2) is 5.18. The predicted molar refractivity (Wildman–Crippen MR) is 76.2 cm³/mol. The van der Waals surface area contributed by atoms with Gasteiger partial charge in [-0.25, -0.2) is 9.78 Å². The Morgan fingerprint density at radius 3 is 2.50 bits per heavy atom. The lowest BCUT2D eigenvalue weighted by molar-refractivity contribution is -0.152. The number of esters is 1. The zero-order valence-electron chi connectivity index (χ0n) is 12.6. The molecule has 5 nitrogen and oxygen atoms in total. The zero-order valence-corrected chi connectivity index (χ0v) is 12.6. The Hall–Kier alpha value is -1.40. The van der Waals surface area contributed by atoms with Crippen molar-refractivity contribution in [1.82, 2.24) is 4.98 Å². The fraction of sp³-hybridized carbons (Fsp3) is 0.571. The smallest absolute Gasteiger partial charge is 0.356 e. The molecule has 0 N–H and O–H groups in total. The third-order valence-electron chi connectivity index (χ3n) is 4.04. The maximum Gasteiger partial charge on any atom is 0.356 e. The van der Waals surface area contributed by atoms with Gasteiger partial charge in [0.2, 0.25) is 0 Å². The largest absolute Gasteiger partial charge is 0.464 e. The average Bonchev–Trinajstić information content (AvgIpc) is 2.41. The topological polar surface area (TPSA) is 57.7 Å². The summed E-state index contributed by atoms with van der Waals surface area (Å²) in [5, 5.41) is 0. The molecule has 0 saturated carbocycles. The molecule has 1 aromatic heterocycles. The summed E-state index contributed by atoms with van der Waals surface area (Å²) in [6.45, 7) is 8.33. The Morgan fingerprint density at radius 1 is 1.30 bits per heavy atom. The number of pyridine rings is 1. The molecule has 0 spiro atoms. The quantitative estimate of drug-likeness (QED) is 0.600. The lowest BCUT2D eigenvalue weighted by Gasteiger charge is -2.47. The SMILES string of the molecule is COC(=O)c1ccc(B2COC(C)(C)C(C)(C)O2)cn1. The lowest BCUT2D eigenvalue weighted by atomic mass is 9.60. The first-order valence-electron chi connectivity index (χ1n) is 6.63. The van der Waals surface area contributed by atoms with Gasteiger partial charge in [-0.1, -0.05) is 6.07 Å².